The summed E-state index contributed by atoms with van der Waals surface area (Å²) < 4.78 is 5.45. The molecule has 0 bridgehead atoms. The van der Waals surface area contributed by atoms with Crippen LogP contribution in [0.15, 0.2) is 4.99 Å². The molecular formula is C17H35IN4O. The minimum absolute atomic E-state index is 0. The molecule has 0 aromatic heterocycles. The van der Waals surface area contributed by atoms with E-state index in [1.54, 1.807) is 0 Å². The molecule has 1 aliphatic heterocycles. The Bertz CT molecular complexity index is 337. The van der Waals surface area contributed by atoms with Crippen molar-refractivity contribution in [1.29, 1.82) is 0 Å². The number of nitrogens with one attached hydrogen (secondary N) is 1. The summed E-state index contributed by atoms with van der Waals surface area (Å²) in [5, 5.41) is 3.44. The van der Waals surface area contributed by atoms with E-state index >= 15 is 0 Å². The molecule has 2 rings (SSSR count). The Labute approximate surface area is 158 Å². The third kappa shape index (κ3) is 7.56. The average Bonchev–Trinajstić information content (AvgIpc) is 2.77. The molecule has 1 atom stereocenters. The van der Waals surface area contributed by atoms with Crippen molar-refractivity contribution in [2.24, 2.45) is 16.6 Å². The van der Waals surface area contributed by atoms with E-state index in [1.807, 2.05) is 0 Å². The van der Waals surface area contributed by atoms with Crippen LogP contribution in [0.1, 0.15) is 52.4 Å². The van der Waals surface area contributed by atoms with Gasteiger partial charge in [-0.3, -0.25) is 9.89 Å². The van der Waals surface area contributed by atoms with E-state index in [4.69, 9.17) is 10.5 Å². The first kappa shape index (κ1) is 21.0. The van der Waals surface area contributed by atoms with Crippen molar-refractivity contribution in [2.75, 3.05) is 32.8 Å². The molecular weight excluding hydrogens is 403 g/mol. The lowest BCUT2D eigenvalue weighted by Gasteiger charge is -2.36. The van der Waals surface area contributed by atoms with Crippen LogP contribution in [0.2, 0.25) is 0 Å². The average molecular weight is 438 g/mol. The summed E-state index contributed by atoms with van der Waals surface area (Å²) in [4.78, 5) is 7.14. The number of ether oxygens (including phenoxy) is 1. The molecule has 0 radical (unpaired) electrons. The van der Waals surface area contributed by atoms with Gasteiger partial charge in [0, 0.05) is 25.2 Å². The minimum Gasteiger partial charge on any atom is -0.379 e. The quantitative estimate of drug-likeness (QED) is 0.300. The molecule has 1 aliphatic carbocycles. The summed E-state index contributed by atoms with van der Waals surface area (Å²) in [5.74, 6) is 1.21. The van der Waals surface area contributed by atoms with Crippen molar-refractivity contribution in [3.8, 4) is 0 Å². The van der Waals surface area contributed by atoms with Gasteiger partial charge in [0.15, 0.2) is 5.96 Å². The van der Waals surface area contributed by atoms with E-state index in [1.165, 1.54) is 38.5 Å². The SMILES string of the molecule is CC(C)C(CN=C(N)NC1CCCCCC1)N1CCOCC1.I. The van der Waals surface area contributed by atoms with Crippen LogP contribution in [0, 0.1) is 5.92 Å². The predicted octanol–water partition coefficient (Wildman–Crippen LogP) is 2.59. The number of hydrogen-bond acceptors (Lipinski definition) is 3. The molecule has 0 spiro atoms. The fraction of sp³-hybridized carbons (Fsp3) is 0.941. The van der Waals surface area contributed by atoms with E-state index in [0.29, 0.717) is 24.0 Å². The standard InChI is InChI=1S/C17H34N4O.HI/c1-14(2)16(21-9-11-22-12-10-21)13-19-17(18)20-15-7-5-3-4-6-8-15;/h14-16H,3-13H2,1-2H3,(H3,18,19,20);1H. The number of hydrogen-bond donors (Lipinski definition) is 2. The lowest BCUT2D eigenvalue weighted by molar-refractivity contribution is 0.00868. The van der Waals surface area contributed by atoms with E-state index < -0.39 is 0 Å². The molecule has 1 saturated carbocycles. The molecule has 2 fully saturated rings. The summed E-state index contributed by atoms with van der Waals surface area (Å²) in [6, 6.07) is 0.977. The first-order valence-corrected chi connectivity index (χ1v) is 9.05. The van der Waals surface area contributed by atoms with Crippen LogP contribution in [-0.4, -0.2) is 55.8 Å². The van der Waals surface area contributed by atoms with E-state index in [9.17, 15) is 0 Å². The van der Waals surface area contributed by atoms with Gasteiger partial charge in [0.25, 0.3) is 0 Å². The highest BCUT2D eigenvalue weighted by Crippen LogP contribution is 2.17. The summed E-state index contributed by atoms with van der Waals surface area (Å²) in [5.41, 5.74) is 6.13. The highest BCUT2D eigenvalue weighted by Gasteiger charge is 2.23. The second kappa shape index (κ2) is 11.5. The minimum atomic E-state index is 0. The number of morpholine rings is 1. The van der Waals surface area contributed by atoms with E-state index in [2.05, 4.69) is 29.1 Å². The Morgan fingerprint density at radius 2 is 1.78 bits per heavy atom. The van der Waals surface area contributed by atoms with Gasteiger partial charge in [0.1, 0.15) is 0 Å². The maximum absolute atomic E-state index is 6.13. The molecule has 6 heteroatoms. The zero-order valence-corrected chi connectivity index (χ0v) is 17.1. The third-order valence-electron chi connectivity index (χ3n) is 4.94. The molecule has 3 N–H and O–H groups in total. The lowest BCUT2D eigenvalue weighted by Crippen LogP contribution is -2.48. The van der Waals surface area contributed by atoms with E-state index in [-0.39, 0.29) is 24.0 Å². The van der Waals surface area contributed by atoms with Gasteiger partial charge < -0.3 is 15.8 Å². The van der Waals surface area contributed by atoms with Crippen molar-refractivity contribution >= 4 is 29.9 Å². The number of nitrogens with zero attached hydrogens (tertiary/aromatic N) is 2. The van der Waals surface area contributed by atoms with E-state index in [0.717, 1.165) is 32.8 Å². The van der Waals surface area contributed by atoms with Crippen molar-refractivity contribution in [3.05, 3.63) is 0 Å². The van der Waals surface area contributed by atoms with Crippen LogP contribution in [0.25, 0.3) is 0 Å². The molecule has 0 amide bonds. The van der Waals surface area contributed by atoms with Crippen LogP contribution in [0.4, 0.5) is 0 Å². The molecule has 136 valence electrons. The monoisotopic (exact) mass is 438 g/mol. The smallest absolute Gasteiger partial charge is 0.188 e. The Morgan fingerprint density at radius 1 is 1.17 bits per heavy atom. The van der Waals surface area contributed by atoms with Crippen molar-refractivity contribution in [3.63, 3.8) is 0 Å². The van der Waals surface area contributed by atoms with Gasteiger partial charge in [-0.15, -0.1) is 24.0 Å². The second-order valence-electron chi connectivity index (χ2n) is 7.02. The molecule has 1 saturated heterocycles. The third-order valence-corrected chi connectivity index (χ3v) is 4.94. The van der Waals surface area contributed by atoms with Gasteiger partial charge in [0.2, 0.25) is 0 Å². The molecule has 2 aliphatic rings. The highest BCUT2D eigenvalue weighted by atomic mass is 127. The fourth-order valence-electron chi connectivity index (χ4n) is 3.53. The molecule has 0 aromatic rings. The Kier molecular flexibility index (Phi) is 10.5. The van der Waals surface area contributed by atoms with Gasteiger partial charge in [-0.25, -0.2) is 0 Å². The van der Waals surface area contributed by atoms with Crippen molar-refractivity contribution < 1.29 is 4.74 Å². The predicted molar refractivity (Wildman–Crippen MR) is 108 cm³/mol. The topological polar surface area (TPSA) is 62.9 Å². The number of nitrogens with two attached hydrogens (primary N) is 1. The highest BCUT2D eigenvalue weighted by molar-refractivity contribution is 14.0. The van der Waals surface area contributed by atoms with Gasteiger partial charge >= 0.3 is 0 Å². The Hall–Kier alpha value is -0.0800. The maximum atomic E-state index is 6.13. The first-order valence-electron chi connectivity index (χ1n) is 9.05. The van der Waals surface area contributed by atoms with Gasteiger partial charge in [-0.1, -0.05) is 39.5 Å². The molecule has 5 nitrogen and oxygen atoms in total. The zero-order chi connectivity index (χ0) is 15.8. The summed E-state index contributed by atoms with van der Waals surface area (Å²) in [7, 11) is 0. The lowest BCUT2D eigenvalue weighted by atomic mass is 10.0. The number of rotatable bonds is 5. The van der Waals surface area contributed by atoms with Gasteiger partial charge in [-0.05, 0) is 18.8 Å². The largest absolute Gasteiger partial charge is 0.379 e. The number of guanidine groups is 1. The van der Waals surface area contributed by atoms with Crippen LogP contribution in [0.5, 0.6) is 0 Å². The molecule has 0 aromatic carbocycles. The van der Waals surface area contributed by atoms with Crippen LogP contribution in [0.3, 0.4) is 0 Å². The van der Waals surface area contributed by atoms with Gasteiger partial charge in [0.05, 0.1) is 19.8 Å². The van der Waals surface area contributed by atoms with Crippen LogP contribution < -0.4 is 11.1 Å². The maximum Gasteiger partial charge on any atom is 0.188 e. The number of halogens is 1. The van der Waals surface area contributed by atoms with Crippen molar-refractivity contribution in [2.45, 2.75) is 64.5 Å². The normalized spacial score (nSPS) is 23.2. The molecule has 1 heterocycles. The first-order chi connectivity index (χ1) is 10.7. The zero-order valence-electron chi connectivity index (χ0n) is 14.8. The summed E-state index contributed by atoms with van der Waals surface area (Å²) in [6.45, 7) is 9.01. The Morgan fingerprint density at radius 3 is 2.35 bits per heavy atom. The molecule has 1 unspecified atom stereocenters. The number of aliphatic imine (C=N–C) groups is 1. The van der Waals surface area contributed by atoms with Crippen molar-refractivity contribution in [1.82, 2.24) is 10.2 Å². The summed E-state index contributed by atoms with van der Waals surface area (Å²) >= 11 is 0. The van der Waals surface area contributed by atoms with Crippen LogP contribution >= 0.6 is 24.0 Å². The van der Waals surface area contributed by atoms with Gasteiger partial charge in [-0.2, -0.15) is 0 Å². The fourth-order valence-corrected chi connectivity index (χ4v) is 3.53. The Balaban J connectivity index is 0.00000264. The summed E-state index contributed by atoms with van der Waals surface area (Å²) in [6.07, 6.45) is 7.81. The van der Waals surface area contributed by atoms with Crippen LogP contribution in [-0.2, 0) is 4.74 Å². The molecule has 23 heavy (non-hydrogen) atoms. The second-order valence-corrected chi connectivity index (χ2v) is 7.02.